The van der Waals surface area contributed by atoms with Gasteiger partial charge < -0.3 is 15.0 Å². The van der Waals surface area contributed by atoms with Crippen LogP contribution in [0, 0.1) is 4.91 Å². The molecule has 3 heterocycles. The first kappa shape index (κ1) is 26.9. The molecule has 3 unspecified atom stereocenters. The van der Waals surface area contributed by atoms with Crippen molar-refractivity contribution in [2.75, 3.05) is 19.1 Å². The third kappa shape index (κ3) is 6.14. The van der Waals surface area contributed by atoms with Crippen molar-refractivity contribution in [3.8, 4) is 17.1 Å². The lowest BCUT2D eigenvalue weighted by Gasteiger charge is -2.28. The van der Waals surface area contributed by atoms with Crippen LogP contribution in [0.5, 0.6) is 5.88 Å². The fraction of sp³-hybridized carbons (Fsp3) is 0.385. The monoisotopic (exact) mass is 557 g/mol. The number of hydrogen-bond acceptors (Lipinski definition) is 10. The molecule has 1 aromatic carbocycles. The number of nitroso groups, excluding NO2 is 1. The largest absolute Gasteiger partial charge is 0.480 e. The van der Waals surface area contributed by atoms with E-state index in [2.05, 4.69) is 30.7 Å². The van der Waals surface area contributed by atoms with Crippen molar-refractivity contribution < 1.29 is 17.9 Å². The van der Waals surface area contributed by atoms with E-state index in [1.54, 1.807) is 20.2 Å². The molecule has 0 amide bonds. The molecule has 1 fully saturated rings. The number of thiophene rings is 1. The van der Waals surface area contributed by atoms with E-state index in [1.165, 1.54) is 12.4 Å². The van der Waals surface area contributed by atoms with Gasteiger partial charge in [0.05, 0.1) is 30.7 Å². The second kappa shape index (κ2) is 11.2. The zero-order chi connectivity index (χ0) is 27.6. The van der Waals surface area contributed by atoms with Gasteiger partial charge in [-0.1, -0.05) is 29.4 Å². The molecule has 13 heteroatoms. The van der Waals surface area contributed by atoms with Crippen molar-refractivity contribution in [2.45, 2.75) is 50.1 Å². The minimum Gasteiger partial charge on any atom is -0.480 e. The minimum atomic E-state index is -4.30. The summed E-state index contributed by atoms with van der Waals surface area (Å²) < 4.78 is 43.8. The van der Waals surface area contributed by atoms with Crippen molar-refractivity contribution in [1.82, 2.24) is 25.5 Å². The molecule has 0 radical (unpaired) electrons. The van der Waals surface area contributed by atoms with Gasteiger partial charge in [0.25, 0.3) is 0 Å². The van der Waals surface area contributed by atoms with Gasteiger partial charge >= 0.3 is 6.18 Å². The summed E-state index contributed by atoms with van der Waals surface area (Å²) >= 11 is 1.00. The zero-order valence-corrected chi connectivity index (χ0v) is 22.0. The summed E-state index contributed by atoms with van der Waals surface area (Å²) in [6.07, 6.45) is -2.79. The summed E-state index contributed by atoms with van der Waals surface area (Å²) in [4.78, 5) is 22.7. The SMILES string of the molecule is COc1ccc(-c2ccc(CNC3CC(N=O)C(N(C)c4ncnc5sc(CC(F)(F)F)cc45)C3)cc2)nn1. The molecule has 0 aliphatic heterocycles. The molecule has 0 spiro atoms. The van der Waals surface area contributed by atoms with Crippen molar-refractivity contribution in [2.24, 2.45) is 5.18 Å². The fourth-order valence-corrected chi connectivity index (χ4v) is 5.96. The Balaban J connectivity index is 1.24. The molecule has 3 aromatic heterocycles. The van der Waals surface area contributed by atoms with E-state index in [-0.39, 0.29) is 17.0 Å². The number of nitrogens with zero attached hydrogens (tertiary/aromatic N) is 6. The van der Waals surface area contributed by atoms with Gasteiger partial charge in [-0.05, 0) is 30.5 Å². The van der Waals surface area contributed by atoms with Crippen LogP contribution in [0.1, 0.15) is 23.3 Å². The summed E-state index contributed by atoms with van der Waals surface area (Å²) in [6.45, 7) is 0.602. The topological polar surface area (TPSA) is 105 Å². The zero-order valence-electron chi connectivity index (χ0n) is 21.2. The molecule has 5 rings (SSSR count). The average Bonchev–Trinajstić information content (AvgIpc) is 3.54. The predicted octanol–water partition coefficient (Wildman–Crippen LogP) is 5.15. The van der Waals surface area contributed by atoms with Crippen LogP contribution in [-0.2, 0) is 13.0 Å². The summed E-state index contributed by atoms with van der Waals surface area (Å²) in [7, 11) is 3.34. The number of likely N-dealkylation sites (N-methyl/N-ethyl adjacent to an activating group) is 1. The van der Waals surface area contributed by atoms with Gasteiger partial charge in [0.15, 0.2) is 0 Å². The Morgan fingerprint density at radius 1 is 1.13 bits per heavy atom. The lowest BCUT2D eigenvalue weighted by Crippen LogP contribution is -2.37. The number of rotatable bonds is 9. The van der Waals surface area contributed by atoms with Gasteiger partial charge in [-0.2, -0.15) is 18.1 Å². The maximum absolute atomic E-state index is 12.9. The van der Waals surface area contributed by atoms with Crippen LogP contribution in [0.15, 0.2) is 54.0 Å². The van der Waals surface area contributed by atoms with Crippen LogP contribution in [0.4, 0.5) is 19.0 Å². The number of nitrogens with one attached hydrogen (secondary N) is 1. The molecule has 3 atom stereocenters. The number of benzene rings is 1. The Labute approximate surface area is 226 Å². The number of aromatic nitrogens is 4. The molecule has 1 N–H and O–H groups in total. The molecular weight excluding hydrogens is 531 g/mol. The Hall–Kier alpha value is -3.71. The molecule has 0 saturated heterocycles. The average molecular weight is 558 g/mol. The lowest BCUT2D eigenvalue weighted by atomic mass is 10.1. The second-order valence-electron chi connectivity index (χ2n) is 9.48. The number of anilines is 1. The fourth-order valence-electron chi connectivity index (χ4n) is 4.94. The minimum absolute atomic E-state index is 0.0351. The first-order valence-corrected chi connectivity index (χ1v) is 13.1. The van der Waals surface area contributed by atoms with E-state index in [1.807, 2.05) is 35.2 Å². The van der Waals surface area contributed by atoms with E-state index in [4.69, 9.17) is 4.74 Å². The van der Waals surface area contributed by atoms with Gasteiger partial charge in [0.2, 0.25) is 5.88 Å². The highest BCUT2D eigenvalue weighted by atomic mass is 32.1. The van der Waals surface area contributed by atoms with Crippen LogP contribution in [0.2, 0.25) is 0 Å². The maximum atomic E-state index is 12.9. The van der Waals surface area contributed by atoms with Crippen molar-refractivity contribution >= 4 is 27.4 Å². The quantitative estimate of drug-likeness (QED) is 0.282. The number of alkyl halides is 3. The third-order valence-electron chi connectivity index (χ3n) is 6.89. The van der Waals surface area contributed by atoms with E-state index in [0.717, 1.165) is 28.2 Å². The Bertz CT molecular complexity index is 1430. The smallest absolute Gasteiger partial charge is 0.393 e. The Morgan fingerprint density at radius 2 is 1.92 bits per heavy atom. The first-order valence-electron chi connectivity index (χ1n) is 12.3. The number of halogens is 3. The summed E-state index contributed by atoms with van der Waals surface area (Å²) in [5, 5.41) is 15.6. The standard InChI is InChI=1S/C26H26F3N7O2S/c1-36(24-19-11-18(12-26(27,28)29)39-25(19)32-14-31-24)22-10-17(9-21(22)35-37)30-13-15-3-5-16(6-4-15)20-7-8-23(38-2)34-33-20/h3-8,11,14,17,21-22,30H,9-10,12-13H2,1-2H3. The van der Waals surface area contributed by atoms with Crippen molar-refractivity contribution in [3.63, 3.8) is 0 Å². The van der Waals surface area contributed by atoms with Crippen molar-refractivity contribution in [3.05, 3.63) is 64.1 Å². The molecule has 1 aliphatic carbocycles. The molecular formula is C26H26F3N7O2S. The molecule has 4 aromatic rings. The highest BCUT2D eigenvalue weighted by Gasteiger charge is 2.39. The Kier molecular flexibility index (Phi) is 7.71. The van der Waals surface area contributed by atoms with Gasteiger partial charge in [-0.25, -0.2) is 9.97 Å². The van der Waals surface area contributed by atoms with E-state index in [0.29, 0.717) is 41.3 Å². The van der Waals surface area contributed by atoms with Crippen LogP contribution in [0.25, 0.3) is 21.5 Å². The van der Waals surface area contributed by atoms with E-state index >= 15 is 0 Å². The van der Waals surface area contributed by atoms with Gasteiger partial charge in [0, 0.05) is 36.1 Å². The molecule has 39 heavy (non-hydrogen) atoms. The number of hydrogen-bond donors (Lipinski definition) is 1. The normalized spacial score (nSPS) is 19.4. The molecule has 9 nitrogen and oxygen atoms in total. The summed E-state index contributed by atoms with van der Waals surface area (Å²) in [5.74, 6) is 0.954. The van der Waals surface area contributed by atoms with E-state index in [9.17, 15) is 18.1 Å². The second-order valence-corrected chi connectivity index (χ2v) is 10.6. The molecule has 1 saturated carbocycles. The number of methoxy groups -OCH3 is 1. The third-order valence-corrected chi connectivity index (χ3v) is 7.93. The number of ether oxygens (including phenoxy) is 1. The van der Waals surface area contributed by atoms with Crippen LogP contribution >= 0.6 is 11.3 Å². The summed E-state index contributed by atoms with van der Waals surface area (Å²) in [5.41, 5.74) is 2.75. The van der Waals surface area contributed by atoms with Gasteiger partial charge in [-0.15, -0.1) is 21.5 Å². The van der Waals surface area contributed by atoms with Crippen LogP contribution < -0.4 is 15.0 Å². The molecule has 0 bridgehead atoms. The van der Waals surface area contributed by atoms with Crippen LogP contribution in [0.3, 0.4) is 0 Å². The number of fused-ring (bicyclic) bond motifs is 1. The lowest BCUT2D eigenvalue weighted by molar-refractivity contribution is -0.126. The highest BCUT2D eigenvalue weighted by Crippen LogP contribution is 2.36. The summed E-state index contributed by atoms with van der Waals surface area (Å²) in [6, 6.07) is 12.4. The van der Waals surface area contributed by atoms with Crippen LogP contribution in [-0.4, -0.2) is 58.6 Å². The molecule has 1 aliphatic rings. The highest BCUT2D eigenvalue weighted by molar-refractivity contribution is 7.18. The Morgan fingerprint density at radius 3 is 2.59 bits per heavy atom. The van der Waals surface area contributed by atoms with Crippen molar-refractivity contribution in [1.29, 1.82) is 0 Å². The first-order chi connectivity index (χ1) is 18.7. The van der Waals surface area contributed by atoms with Gasteiger partial charge in [0.1, 0.15) is 23.0 Å². The maximum Gasteiger partial charge on any atom is 0.393 e. The van der Waals surface area contributed by atoms with Gasteiger partial charge in [-0.3, -0.25) is 0 Å². The molecule has 204 valence electrons. The predicted molar refractivity (Wildman–Crippen MR) is 143 cm³/mol. The van der Waals surface area contributed by atoms with E-state index < -0.39 is 18.6 Å².